The highest BCUT2D eigenvalue weighted by atomic mass is 35.5. The van der Waals surface area contributed by atoms with E-state index in [-0.39, 0.29) is 5.02 Å². The average molecular weight is 429 g/mol. The van der Waals surface area contributed by atoms with Gasteiger partial charge in [0.15, 0.2) is 0 Å². The van der Waals surface area contributed by atoms with Crippen LogP contribution in [0.15, 0.2) is 66.7 Å². The van der Waals surface area contributed by atoms with Crippen LogP contribution < -0.4 is 0 Å². The van der Waals surface area contributed by atoms with Gasteiger partial charge in [0.25, 0.3) is 0 Å². The molecule has 0 bridgehead atoms. The van der Waals surface area contributed by atoms with Gasteiger partial charge in [-0.15, -0.1) is 0 Å². The summed E-state index contributed by atoms with van der Waals surface area (Å²) in [5, 5.41) is 5.06. The number of rotatable bonds is 6. The molecular formula is C29H26ClF. The Morgan fingerprint density at radius 1 is 0.710 bits per heavy atom. The van der Waals surface area contributed by atoms with Crippen molar-refractivity contribution in [2.75, 3.05) is 0 Å². The van der Waals surface area contributed by atoms with Gasteiger partial charge < -0.3 is 0 Å². The van der Waals surface area contributed by atoms with Crippen LogP contribution in [-0.2, 0) is 6.42 Å². The van der Waals surface area contributed by atoms with Crippen LogP contribution in [0.1, 0.15) is 55.7 Å². The van der Waals surface area contributed by atoms with Gasteiger partial charge in [-0.25, -0.2) is 4.39 Å². The largest absolute Gasteiger partial charge is 0.205 e. The molecule has 0 aliphatic heterocycles. The third kappa shape index (κ3) is 5.27. The number of unbranched alkanes of at least 4 members (excludes halogenated alkanes) is 4. The molecule has 156 valence electrons. The van der Waals surface area contributed by atoms with Crippen LogP contribution in [0.4, 0.5) is 4.39 Å². The second-order valence-corrected chi connectivity index (χ2v) is 8.51. The summed E-state index contributed by atoms with van der Waals surface area (Å²) in [6.45, 7) is 2.25. The molecule has 0 aliphatic carbocycles. The average Bonchev–Trinajstić information content (AvgIpc) is 2.79. The number of benzene rings is 4. The maximum absolute atomic E-state index is 13.6. The van der Waals surface area contributed by atoms with Crippen LogP contribution >= 0.6 is 11.6 Å². The molecule has 0 fully saturated rings. The molecule has 2 heteroatoms. The molecule has 0 nitrogen and oxygen atoms in total. The summed E-state index contributed by atoms with van der Waals surface area (Å²) < 4.78 is 13.6. The Morgan fingerprint density at radius 2 is 1.35 bits per heavy atom. The summed E-state index contributed by atoms with van der Waals surface area (Å²) in [6.07, 6.45) is 7.70. The molecule has 0 heterocycles. The first-order valence-corrected chi connectivity index (χ1v) is 11.4. The Hall–Kier alpha value is -2.82. The normalized spacial score (nSPS) is 10.9. The standard InChI is InChI=1S/C29H26ClF/c1-2-3-4-5-6-7-21-10-15-26-24(18-21)13-14-25-19-22(11-16-27(25)26)8-9-23-12-17-28(30)29(31)20-23/h10-20H,2-7H2,1H3. The molecule has 0 spiro atoms. The first-order chi connectivity index (χ1) is 15.1. The van der Waals surface area contributed by atoms with Crippen molar-refractivity contribution in [3.8, 4) is 11.8 Å². The van der Waals surface area contributed by atoms with E-state index in [0.717, 1.165) is 17.4 Å². The fourth-order valence-corrected chi connectivity index (χ4v) is 4.12. The second-order valence-electron chi connectivity index (χ2n) is 8.10. The van der Waals surface area contributed by atoms with Crippen LogP contribution in [-0.4, -0.2) is 0 Å². The zero-order chi connectivity index (χ0) is 21.6. The van der Waals surface area contributed by atoms with Crippen molar-refractivity contribution in [1.29, 1.82) is 0 Å². The molecule has 31 heavy (non-hydrogen) atoms. The highest BCUT2D eigenvalue weighted by Crippen LogP contribution is 2.27. The van der Waals surface area contributed by atoms with Gasteiger partial charge in [0.05, 0.1) is 5.02 Å². The lowest BCUT2D eigenvalue weighted by atomic mass is 9.97. The van der Waals surface area contributed by atoms with E-state index >= 15 is 0 Å². The second kappa shape index (κ2) is 9.99. The fraction of sp³-hybridized carbons (Fsp3) is 0.241. The Balaban J connectivity index is 1.55. The van der Waals surface area contributed by atoms with Crippen molar-refractivity contribution in [2.45, 2.75) is 45.4 Å². The lowest BCUT2D eigenvalue weighted by molar-refractivity contribution is 0.628. The van der Waals surface area contributed by atoms with E-state index in [1.54, 1.807) is 6.07 Å². The minimum absolute atomic E-state index is 0.114. The Labute approximate surface area is 189 Å². The molecule has 0 atom stereocenters. The summed E-state index contributed by atoms with van der Waals surface area (Å²) in [6, 6.07) is 22.1. The predicted molar refractivity (Wildman–Crippen MR) is 131 cm³/mol. The summed E-state index contributed by atoms with van der Waals surface area (Å²) >= 11 is 5.74. The van der Waals surface area contributed by atoms with E-state index in [2.05, 4.69) is 61.2 Å². The van der Waals surface area contributed by atoms with E-state index in [9.17, 15) is 4.39 Å². The predicted octanol–water partition coefficient (Wildman–Crippen LogP) is 8.70. The van der Waals surface area contributed by atoms with Crippen LogP contribution in [0.2, 0.25) is 5.02 Å². The van der Waals surface area contributed by atoms with Gasteiger partial charge in [0.2, 0.25) is 0 Å². The van der Waals surface area contributed by atoms with E-state index in [1.165, 1.54) is 66.0 Å². The van der Waals surface area contributed by atoms with Crippen molar-refractivity contribution in [3.05, 3.63) is 94.3 Å². The van der Waals surface area contributed by atoms with E-state index < -0.39 is 5.82 Å². The van der Waals surface area contributed by atoms with E-state index in [0.29, 0.717) is 5.56 Å². The maximum atomic E-state index is 13.6. The fourth-order valence-electron chi connectivity index (χ4n) is 4.00. The summed E-state index contributed by atoms with van der Waals surface area (Å²) in [4.78, 5) is 0. The molecule has 0 aromatic heterocycles. The van der Waals surface area contributed by atoms with Gasteiger partial charge in [0, 0.05) is 11.1 Å². The van der Waals surface area contributed by atoms with Crippen molar-refractivity contribution >= 4 is 33.1 Å². The minimum atomic E-state index is -0.446. The molecular weight excluding hydrogens is 403 g/mol. The molecule has 4 aromatic carbocycles. The summed E-state index contributed by atoms with van der Waals surface area (Å²) in [7, 11) is 0. The number of halogens is 2. The summed E-state index contributed by atoms with van der Waals surface area (Å²) in [5.41, 5.74) is 2.94. The SMILES string of the molecule is CCCCCCCc1ccc2c(ccc3cc(C#Cc4ccc(Cl)c(F)c4)ccc32)c1. The molecule has 0 aliphatic rings. The van der Waals surface area contributed by atoms with Crippen molar-refractivity contribution < 1.29 is 4.39 Å². The van der Waals surface area contributed by atoms with Crippen molar-refractivity contribution in [3.63, 3.8) is 0 Å². The van der Waals surface area contributed by atoms with Crippen LogP contribution in [0.3, 0.4) is 0 Å². The van der Waals surface area contributed by atoms with Gasteiger partial charge in [-0.2, -0.15) is 0 Å². The smallest absolute Gasteiger partial charge is 0.143 e. The molecule has 0 N–H and O–H groups in total. The van der Waals surface area contributed by atoms with Crippen molar-refractivity contribution in [1.82, 2.24) is 0 Å². The monoisotopic (exact) mass is 428 g/mol. The highest BCUT2D eigenvalue weighted by Gasteiger charge is 2.04. The minimum Gasteiger partial charge on any atom is -0.205 e. The van der Waals surface area contributed by atoms with Crippen LogP contribution in [0, 0.1) is 17.7 Å². The number of hydrogen-bond acceptors (Lipinski definition) is 0. The van der Waals surface area contributed by atoms with Gasteiger partial charge in [-0.05, 0) is 70.3 Å². The van der Waals surface area contributed by atoms with Gasteiger partial charge in [-0.1, -0.05) is 92.4 Å². The molecule has 0 saturated heterocycles. The van der Waals surface area contributed by atoms with Gasteiger partial charge >= 0.3 is 0 Å². The number of aryl methyl sites for hydroxylation is 1. The maximum Gasteiger partial charge on any atom is 0.143 e. The third-order valence-electron chi connectivity index (χ3n) is 5.74. The zero-order valence-electron chi connectivity index (χ0n) is 17.8. The Kier molecular flexibility index (Phi) is 6.90. The Morgan fingerprint density at radius 3 is 2.10 bits per heavy atom. The van der Waals surface area contributed by atoms with Crippen LogP contribution in [0.25, 0.3) is 21.5 Å². The van der Waals surface area contributed by atoms with E-state index in [1.807, 2.05) is 6.07 Å². The van der Waals surface area contributed by atoms with Crippen molar-refractivity contribution in [2.24, 2.45) is 0 Å². The molecule has 0 radical (unpaired) electrons. The van der Waals surface area contributed by atoms with Gasteiger partial charge in [0.1, 0.15) is 5.82 Å². The third-order valence-corrected chi connectivity index (χ3v) is 6.05. The zero-order valence-corrected chi connectivity index (χ0v) is 18.6. The molecule has 4 rings (SSSR count). The lowest BCUT2D eigenvalue weighted by Crippen LogP contribution is -1.87. The highest BCUT2D eigenvalue weighted by molar-refractivity contribution is 6.30. The molecule has 0 amide bonds. The Bertz CT molecular complexity index is 1280. The molecule has 4 aromatic rings. The van der Waals surface area contributed by atoms with Crippen LogP contribution in [0.5, 0.6) is 0 Å². The van der Waals surface area contributed by atoms with Gasteiger partial charge in [-0.3, -0.25) is 0 Å². The quantitative estimate of drug-likeness (QED) is 0.163. The summed E-state index contributed by atoms with van der Waals surface area (Å²) in [5.74, 6) is 5.71. The first kappa shape index (κ1) is 21.4. The number of hydrogen-bond donors (Lipinski definition) is 0. The lowest BCUT2D eigenvalue weighted by Gasteiger charge is -2.08. The first-order valence-electron chi connectivity index (χ1n) is 11.1. The van der Waals surface area contributed by atoms with E-state index in [4.69, 9.17) is 11.6 Å². The number of fused-ring (bicyclic) bond motifs is 3. The molecule has 0 saturated carbocycles. The topological polar surface area (TPSA) is 0 Å². The molecule has 0 unspecified atom stereocenters.